The van der Waals surface area contributed by atoms with Crippen LogP contribution in [0, 0.1) is 5.82 Å². The van der Waals surface area contributed by atoms with E-state index in [2.05, 4.69) is 16.0 Å². The first-order chi connectivity index (χ1) is 13.4. The van der Waals surface area contributed by atoms with E-state index in [-0.39, 0.29) is 29.3 Å². The maximum absolute atomic E-state index is 13.6. The van der Waals surface area contributed by atoms with Gasteiger partial charge >= 0.3 is 0 Å². The van der Waals surface area contributed by atoms with E-state index >= 15 is 0 Å². The van der Waals surface area contributed by atoms with Crippen molar-refractivity contribution in [2.24, 2.45) is 0 Å². The van der Waals surface area contributed by atoms with Gasteiger partial charge in [0.15, 0.2) is 5.69 Å². The van der Waals surface area contributed by atoms with E-state index in [9.17, 15) is 18.8 Å². The fraction of sp³-hybridized carbons (Fsp3) is 0.200. The van der Waals surface area contributed by atoms with Crippen molar-refractivity contribution >= 4 is 22.6 Å². The Morgan fingerprint density at radius 1 is 1.04 bits per heavy atom. The predicted octanol–water partition coefficient (Wildman–Crippen LogP) is 2.12. The minimum atomic E-state index is -0.674. The van der Waals surface area contributed by atoms with E-state index in [1.165, 1.54) is 22.9 Å². The molecular formula is C20H19FN4O3. The number of carbonyl (C=O) groups excluding carboxylic acids is 2. The second-order valence-corrected chi connectivity index (χ2v) is 6.51. The van der Waals surface area contributed by atoms with Gasteiger partial charge in [-0.25, -0.2) is 9.07 Å². The monoisotopic (exact) mass is 382 g/mol. The van der Waals surface area contributed by atoms with Gasteiger partial charge in [-0.05, 0) is 31.5 Å². The van der Waals surface area contributed by atoms with Crippen LogP contribution in [0.2, 0.25) is 0 Å². The summed E-state index contributed by atoms with van der Waals surface area (Å²) in [4.78, 5) is 37.1. The van der Waals surface area contributed by atoms with Gasteiger partial charge in [-0.1, -0.05) is 36.4 Å². The molecule has 0 fully saturated rings. The minimum Gasteiger partial charge on any atom is -0.273 e. The number of halogens is 1. The van der Waals surface area contributed by atoms with E-state index in [1.54, 1.807) is 44.2 Å². The molecule has 0 bridgehead atoms. The van der Waals surface area contributed by atoms with E-state index in [0.717, 1.165) is 0 Å². The molecule has 1 heterocycles. The summed E-state index contributed by atoms with van der Waals surface area (Å²) in [6.45, 7) is 3.56. The topological polar surface area (TPSA) is 93.1 Å². The van der Waals surface area contributed by atoms with E-state index in [1.807, 2.05) is 0 Å². The van der Waals surface area contributed by atoms with Crippen molar-refractivity contribution in [2.75, 3.05) is 0 Å². The number of aromatic nitrogens is 2. The molecule has 3 aromatic rings. The van der Waals surface area contributed by atoms with Crippen LogP contribution in [-0.4, -0.2) is 21.6 Å². The Kier molecular flexibility index (Phi) is 5.49. The van der Waals surface area contributed by atoms with Crippen LogP contribution in [0.15, 0.2) is 53.3 Å². The zero-order valence-corrected chi connectivity index (χ0v) is 15.4. The molecule has 3 rings (SSSR count). The van der Waals surface area contributed by atoms with Crippen LogP contribution in [0.5, 0.6) is 0 Å². The van der Waals surface area contributed by atoms with Crippen LogP contribution in [-0.2, 0) is 11.2 Å². The molecule has 2 N–H and O–H groups in total. The number of amides is 2. The summed E-state index contributed by atoms with van der Waals surface area (Å²) < 4.78 is 14.9. The summed E-state index contributed by atoms with van der Waals surface area (Å²) in [6, 6.07) is 12.3. The first-order valence-corrected chi connectivity index (χ1v) is 8.72. The summed E-state index contributed by atoms with van der Waals surface area (Å²) in [7, 11) is 0. The predicted molar refractivity (Wildman–Crippen MR) is 102 cm³/mol. The van der Waals surface area contributed by atoms with Gasteiger partial charge in [0.25, 0.3) is 11.5 Å². The van der Waals surface area contributed by atoms with E-state index in [4.69, 9.17) is 0 Å². The molecule has 28 heavy (non-hydrogen) atoms. The van der Waals surface area contributed by atoms with Gasteiger partial charge in [-0.2, -0.15) is 5.10 Å². The maximum Gasteiger partial charge on any atom is 0.290 e. The Labute approximate surface area is 160 Å². The highest BCUT2D eigenvalue weighted by molar-refractivity contribution is 6.05. The molecule has 0 aliphatic rings. The van der Waals surface area contributed by atoms with Crippen LogP contribution in [0.3, 0.4) is 0 Å². The average molecular weight is 382 g/mol. The van der Waals surface area contributed by atoms with Crippen molar-refractivity contribution in [1.29, 1.82) is 0 Å². The summed E-state index contributed by atoms with van der Waals surface area (Å²) in [5.41, 5.74) is 4.45. The molecule has 2 aromatic carbocycles. The van der Waals surface area contributed by atoms with Gasteiger partial charge in [0, 0.05) is 5.39 Å². The van der Waals surface area contributed by atoms with Crippen LogP contribution < -0.4 is 16.4 Å². The summed E-state index contributed by atoms with van der Waals surface area (Å²) in [5, 5.41) is 4.89. The number of benzene rings is 2. The van der Waals surface area contributed by atoms with Crippen LogP contribution in [0.1, 0.15) is 35.9 Å². The number of hydrazine groups is 1. The molecule has 0 saturated carbocycles. The van der Waals surface area contributed by atoms with Crippen molar-refractivity contribution in [3.63, 3.8) is 0 Å². The standard InChI is InChI=1S/C20H19FN4O3/c1-12(2)25-20(28)15-9-5-4-8-14(15)18(24-25)19(27)23-22-17(26)11-13-7-3-6-10-16(13)21/h3-10,12H,11H2,1-2H3,(H,22,26)(H,23,27). The van der Waals surface area contributed by atoms with Gasteiger partial charge in [0.1, 0.15) is 5.82 Å². The zero-order valence-electron chi connectivity index (χ0n) is 15.4. The highest BCUT2D eigenvalue weighted by Crippen LogP contribution is 2.14. The van der Waals surface area contributed by atoms with E-state index < -0.39 is 17.6 Å². The molecule has 0 saturated heterocycles. The minimum absolute atomic E-state index is 0.00934. The number of nitrogens with one attached hydrogen (secondary N) is 2. The number of fused-ring (bicyclic) bond motifs is 1. The van der Waals surface area contributed by atoms with Gasteiger partial charge in [0.2, 0.25) is 5.91 Å². The summed E-state index contributed by atoms with van der Waals surface area (Å²) >= 11 is 0. The summed E-state index contributed by atoms with van der Waals surface area (Å²) in [6.07, 6.45) is -0.230. The second-order valence-electron chi connectivity index (χ2n) is 6.51. The average Bonchev–Trinajstić information content (AvgIpc) is 2.68. The molecule has 7 nitrogen and oxygen atoms in total. The Morgan fingerprint density at radius 3 is 2.36 bits per heavy atom. The van der Waals surface area contributed by atoms with Crippen LogP contribution >= 0.6 is 0 Å². The molecule has 2 amide bonds. The molecular weight excluding hydrogens is 363 g/mol. The number of hydrogen-bond donors (Lipinski definition) is 2. The van der Waals surface area contributed by atoms with Crippen LogP contribution in [0.4, 0.5) is 4.39 Å². The molecule has 0 aliphatic carbocycles. The van der Waals surface area contributed by atoms with Crippen LogP contribution in [0.25, 0.3) is 10.8 Å². The number of hydrogen-bond acceptors (Lipinski definition) is 4. The number of carbonyl (C=O) groups is 2. The molecule has 0 spiro atoms. The van der Waals surface area contributed by atoms with Gasteiger partial charge < -0.3 is 0 Å². The molecule has 8 heteroatoms. The third-order valence-corrected chi connectivity index (χ3v) is 4.16. The van der Waals surface area contributed by atoms with Crippen molar-refractivity contribution in [2.45, 2.75) is 26.3 Å². The molecule has 0 radical (unpaired) electrons. The Hall–Kier alpha value is -3.55. The lowest BCUT2D eigenvalue weighted by atomic mass is 10.1. The number of rotatable bonds is 4. The third kappa shape index (κ3) is 3.90. The zero-order chi connectivity index (χ0) is 20.3. The SMILES string of the molecule is CC(C)n1nc(C(=O)NNC(=O)Cc2ccccc2F)c2ccccc2c1=O. The quantitative estimate of drug-likeness (QED) is 0.676. The highest BCUT2D eigenvalue weighted by Gasteiger charge is 2.18. The molecule has 0 aliphatic heterocycles. The largest absolute Gasteiger partial charge is 0.290 e. The smallest absolute Gasteiger partial charge is 0.273 e. The number of nitrogens with zero attached hydrogens (tertiary/aromatic N) is 2. The Morgan fingerprint density at radius 2 is 1.68 bits per heavy atom. The normalized spacial score (nSPS) is 10.9. The highest BCUT2D eigenvalue weighted by atomic mass is 19.1. The Bertz CT molecular complexity index is 1110. The first-order valence-electron chi connectivity index (χ1n) is 8.72. The molecule has 1 aromatic heterocycles. The van der Waals surface area contributed by atoms with Gasteiger partial charge in [-0.15, -0.1) is 0 Å². The molecule has 0 unspecified atom stereocenters. The van der Waals surface area contributed by atoms with Gasteiger partial charge in [0.05, 0.1) is 17.8 Å². The lowest BCUT2D eigenvalue weighted by molar-refractivity contribution is -0.121. The fourth-order valence-electron chi connectivity index (χ4n) is 2.77. The van der Waals surface area contributed by atoms with Crippen molar-refractivity contribution in [1.82, 2.24) is 20.6 Å². The van der Waals surface area contributed by atoms with Crippen molar-refractivity contribution < 1.29 is 14.0 Å². The fourth-order valence-corrected chi connectivity index (χ4v) is 2.77. The molecule has 144 valence electrons. The summed E-state index contributed by atoms with van der Waals surface area (Å²) in [5.74, 6) is -1.76. The third-order valence-electron chi connectivity index (χ3n) is 4.16. The second kappa shape index (κ2) is 7.99. The molecule has 0 atom stereocenters. The lowest BCUT2D eigenvalue weighted by Crippen LogP contribution is -2.43. The van der Waals surface area contributed by atoms with E-state index in [0.29, 0.717) is 10.8 Å². The lowest BCUT2D eigenvalue weighted by Gasteiger charge is -2.13. The maximum atomic E-state index is 13.6. The van der Waals surface area contributed by atoms with Gasteiger partial charge in [-0.3, -0.25) is 25.2 Å². The van der Waals surface area contributed by atoms with Crippen molar-refractivity contribution in [3.8, 4) is 0 Å². The first kappa shape index (κ1) is 19.2. The Balaban J connectivity index is 1.82. The van der Waals surface area contributed by atoms with Crippen molar-refractivity contribution in [3.05, 3.63) is 76.0 Å².